The molecule has 22 heavy (non-hydrogen) atoms. The lowest BCUT2D eigenvalue weighted by atomic mass is 9.79. The number of hydrogen-bond donors (Lipinski definition) is 1. The van der Waals surface area contributed by atoms with Crippen LogP contribution in [-0.2, 0) is 4.79 Å². The Balaban J connectivity index is 2.37. The number of carbonyl (C=O) groups is 1. The predicted octanol–water partition coefficient (Wildman–Crippen LogP) is 5.76. The molecule has 0 aromatic carbocycles. The van der Waals surface area contributed by atoms with Crippen LogP contribution < -0.4 is 0 Å². The Morgan fingerprint density at radius 2 is 1.73 bits per heavy atom. The van der Waals surface area contributed by atoms with Crippen LogP contribution in [0.2, 0.25) is 0 Å². The van der Waals surface area contributed by atoms with E-state index in [9.17, 15) is 4.79 Å². The van der Waals surface area contributed by atoms with Crippen LogP contribution in [0.5, 0.6) is 0 Å². The van der Waals surface area contributed by atoms with E-state index in [-0.39, 0.29) is 5.92 Å². The van der Waals surface area contributed by atoms with Crippen molar-refractivity contribution < 1.29 is 9.90 Å². The predicted molar refractivity (Wildman–Crippen MR) is 93.8 cm³/mol. The molecule has 0 aliphatic heterocycles. The summed E-state index contributed by atoms with van der Waals surface area (Å²) in [6.45, 7) is 8.73. The summed E-state index contributed by atoms with van der Waals surface area (Å²) < 4.78 is 0. The molecule has 0 saturated heterocycles. The van der Waals surface area contributed by atoms with E-state index < -0.39 is 5.97 Å². The van der Waals surface area contributed by atoms with Gasteiger partial charge in [0.05, 0.1) is 5.92 Å². The fourth-order valence-corrected chi connectivity index (χ4v) is 3.06. The van der Waals surface area contributed by atoms with Gasteiger partial charge in [0, 0.05) is 0 Å². The summed E-state index contributed by atoms with van der Waals surface area (Å²) in [5.74, 6) is 0.434. The molecule has 1 atom stereocenters. The average Bonchev–Trinajstić information content (AvgIpc) is 2.46. The molecule has 2 heteroatoms. The third-order valence-corrected chi connectivity index (χ3v) is 4.69. The molecular formula is C20H32O2. The molecule has 0 bridgehead atoms. The second-order valence-corrected chi connectivity index (χ2v) is 7.02. The first-order valence-electron chi connectivity index (χ1n) is 8.61. The largest absolute Gasteiger partial charge is 0.481 e. The quantitative estimate of drug-likeness (QED) is 0.479. The molecule has 1 saturated carbocycles. The van der Waals surface area contributed by atoms with Crippen LogP contribution in [0.4, 0.5) is 0 Å². The topological polar surface area (TPSA) is 37.3 Å². The summed E-state index contributed by atoms with van der Waals surface area (Å²) in [6, 6.07) is 0. The van der Waals surface area contributed by atoms with Crippen LogP contribution >= 0.6 is 0 Å². The van der Waals surface area contributed by atoms with E-state index in [0.717, 1.165) is 32.1 Å². The molecule has 1 fully saturated rings. The molecular weight excluding hydrogens is 272 g/mol. The number of carboxylic acid groups (broad SMARTS) is 1. The van der Waals surface area contributed by atoms with E-state index in [2.05, 4.69) is 52.0 Å². The summed E-state index contributed by atoms with van der Waals surface area (Å²) in [6.07, 6.45) is 15.0. The van der Waals surface area contributed by atoms with Gasteiger partial charge < -0.3 is 5.11 Å². The molecule has 0 aromatic heterocycles. The van der Waals surface area contributed by atoms with Crippen molar-refractivity contribution in [3.8, 4) is 0 Å². The van der Waals surface area contributed by atoms with E-state index in [4.69, 9.17) is 5.11 Å². The first kappa shape index (κ1) is 18.7. The highest BCUT2D eigenvalue weighted by Crippen LogP contribution is 2.33. The molecule has 0 spiro atoms. The van der Waals surface area contributed by atoms with Crippen molar-refractivity contribution in [2.24, 2.45) is 17.8 Å². The lowest BCUT2D eigenvalue weighted by Gasteiger charge is -2.26. The van der Waals surface area contributed by atoms with Gasteiger partial charge in [-0.2, -0.15) is 0 Å². The highest BCUT2D eigenvalue weighted by atomic mass is 16.4. The zero-order chi connectivity index (χ0) is 16.5. The lowest BCUT2D eigenvalue weighted by molar-refractivity contribution is -0.143. The molecule has 0 aromatic rings. The van der Waals surface area contributed by atoms with Crippen molar-refractivity contribution in [2.75, 3.05) is 0 Å². The number of hydrogen-bond acceptors (Lipinski definition) is 1. The highest BCUT2D eigenvalue weighted by Gasteiger charge is 2.26. The summed E-state index contributed by atoms with van der Waals surface area (Å²) in [4.78, 5) is 11.0. The Morgan fingerprint density at radius 3 is 2.27 bits per heavy atom. The van der Waals surface area contributed by atoms with Gasteiger partial charge in [0.2, 0.25) is 0 Å². The molecule has 1 N–H and O–H groups in total. The fraction of sp³-hybridized carbons (Fsp3) is 0.650. The normalized spacial score (nSPS) is 24.3. The lowest BCUT2D eigenvalue weighted by Crippen LogP contribution is -2.21. The van der Waals surface area contributed by atoms with Gasteiger partial charge in [0.15, 0.2) is 0 Å². The van der Waals surface area contributed by atoms with Gasteiger partial charge in [-0.15, -0.1) is 0 Å². The van der Waals surface area contributed by atoms with Crippen LogP contribution in [0, 0.1) is 17.8 Å². The fourth-order valence-electron chi connectivity index (χ4n) is 3.06. The molecule has 124 valence electrons. The molecule has 0 radical (unpaired) electrons. The summed E-state index contributed by atoms with van der Waals surface area (Å²) in [7, 11) is 0. The van der Waals surface area contributed by atoms with Gasteiger partial charge >= 0.3 is 5.97 Å². The smallest absolute Gasteiger partial charge is 0.306 e. The Bertz CT molecular complexity index is 431. The maximum Gasteiger partial charge on any atom is 0.306 e. The zero-order valence-corrected chi connectivity index (χ0v) is 14.6. The second kappa shape index (κ2) is 9.66. The van der Waals surface area contributed by atoms with E-state index in [0.29, 0.717) is 11.8 Å². The minimum atomic E-state index is -0.620. The molecule has 0 unspecified atom stereocenters. The van der Waals surface area contributed by atoms with Gasteiger partial charge in [-0.1, -0.05) is 42.4 Å². The molecule has 1 aliphatic carbocycles. The van der Waals surface area contributed by atoms with Crippen LogP contribution in [0.1, 0.15) is 66.2 Å². The van der Waals surface area contributed by atoms with Gasteiger partial charge in [0.25, 0.3) is 0 Å². The maximum atomic E-state index is 11.0. The van der Waals surface area contributed by atoms with Crippen molar-refractivity contribution in [1.82, 2.24) is 0 Å². The molecule has 0 heterocycles. The zero-order valence-electron chi connectivity index (χ0n) is 14.6. The van der Waals surface area contributed by atoms with Gasteiger partial charge in [-0.3, -0.25) is 4.79 Å². The first-order chi connectivity index (χ1) is 10.4. The van der Waals surface area contributed by atoms with Crippen molar-refractivity contribution in [3.05, 3.63) is 35.5 Å². The maximum absolute atomic E-state index is 11.0. The minimum absolute atomic E-state index is 0.116. The van der Waals surface area contributed by atoms with Crippen LogP contribution in [0.15, 0.2) is 35.5 Å². The molecule has 2 nitrogen and oxygen atoms in total. The minimum Gasteiger partial charge on any atom is -0.481 e. The average molecular weight is 304 g/mol. The van der Waals surface area contributed by atoms with Gasteiger partial charge in [-0.25, -0.2) is 0 Å². The van der Waals surface area contributed by atoms with Crippen molar-refractivity contribution in [1.29, 1.82) is 0 Å². The monoisotopic (exact) mass is 304 g/mol. The molecule has 1 aliphatic rings. The summed E-state index contributed by atoms with van der Waals surface area (Å²) in [5, 5.41) is 9.04. The summed E-state index contributed by atoms with van der Waals surface area (Å²) in [5.41, 5.74) is 2.79. The number of aliphatic carboxylic acids is 1. The van der Waals surface area contributed by atoms with Crippen molar-refractivity contribution in [3.63, 3.8) is 0 Å². The Labute approximate surface area is 136 Å². The third kappa shape index (κ3) is 7.11. The van der Waals surface area contributed by atoms with Gasteiger partial charge in [-0.05, 0) is 71.1 Å². The first-order valence-corrected chi connectivity index (χ1v) is 8.61. The Morgan fingerprint density at radius 1 is 1.14 bits per heavy atom. The highest BCUT2D eigenvalue weighted by molar-refractivity contribution is 5.70. The molecule has 0 amide bonds. The third-order valence-electron chi connectivity index (χ3n) is 4.69. The van der Waals surface area contributed by atoms with Crippen LogP contribution in [0.3, 0.4) is 0 Å². The van der Waals surface area contributed by atoms with Crippen LogP contribution in [-0.4, -0.2) is 11.1 Å². The standard InChI is InChI=1S/C20H32O2/c1-15(2)7-5-8-16(3)9-6-10-17(4)18-11-13-19(14-12-18)20(21)22/h6-7,9-10,16,18-19H,5,8,11-14H2,1-4H3,(H,21,22)/b9-6+,17-10+/t16-,18?,19?/m0/s1. The number of rotatable bonds is 7. The van der Waals surface area contributed by atoms with E-state index in [1.165, 1.54) is 17.6 Å². The van der Waals surface area contributed by atoms with E-state index in [1.54, 1.807) is 0 Å². The Hall–Kier alpha value is -1.31. The van der Waals surface area contributed by atoms with Crippen LogP contribution in [0.25, 0.3) is 0 Å². The van der Waals surface area contributed by atoms with E-state index >= 15 is 0 Å². The van der Waals surface area contributed by atoms with E-state index in [1.807, 2.05) is 0 Å². The van der Waals surface area contributed by atoms with Gasteiger partial charge in [0.1, 0.15) is 0 Å². The Kier molecular flexibility index (Phi) is 8.22. The SMILES string of the molecule is CC(C)=CCC[C@H](C)/C=C/C=C(\C)C1CCC(C(=O)O)CC1. The second-order valence-electron chi connectivity index (χ2n) is 7.02. The summed E-state index contributed by atoms with van der Waals surface area (Å²) >= 11 is 0. The van der Waals surface area contributed by atoms with Crippen molar-refractivity contribution >= 4 is 5.97 Å². The number of carboxylic acids is 1. The number of allylic oxidation sites excluding steroid dienone is 6. The molecule has 1 rings (SSSR count). The van der Waals surface area contributed by atoms with Crippen molar-refractivity contribution in [2.45, 2.75) is 66.2 Å².